The Kier molecular flexibility index (Phi) is 4.29. The number of benzene rings is 3. The number of fused-ring (bicyclic) bond motifs is 1. The molecule has 0 aliphatic rings. The monoisotopic (exact) mass is 305 g/mol. The molecule has 3 heteroatoms. The lowest BCUT2D eigenvalue weighted by Gasteiger charge is -2.18. The Morgan fingerprint density at radius 2 is 1.65 bits per heavy atom. The van der Waals surface area contributed by atoms with E-state index in [1.54, 1.807) is 12.0 Å². The largest absolute Gasteiger partial charge is 0.497 e. The predicted octanol–water partition coefficient (Wildman–Crippen LogP) is 4.12. The number of nitrogens with zero attached hydrogens (tertiary/aromatic N) is 1. The Hall–Kier alpha value is -2.81. The summed E-state index contributed by atoms with van der Waals surface area (Å²) >= 11 is 0. The minimum Gasteiger partial charge on any atom is -0.497 e. The zero-order valence-corrected chi connectivity index (χ0v) is 13.3. The third kappa shape index (κ3) is 3.19. The van der Waals surface area contributed by atoms with Crippen molar-refractivity contribution < 1.29 is 9.53 Å². The van der Waals surface area contributed by atoms with Gasteiger partial charge in [0, 0.05) is 19.2 Å². The summed E-state index contributed by atoms with van der Waals surface area (Å²) in [7, 11) is 3.47. The van der Waals surface area contributed by atoms with Gasteiger partial charge in [0.1, 0.15) is 5.75 Å². The summed E-state index contributed by atoms with van der Waals surface area (Å²) < 4.78 is 5.16. The van der Waals surface area contributed by atoms with E-state index in [0.717, 1.165) is 27.6 Å². The van der Waals surface area contributed by atoms with Crippen molar-refractivity contribution in [2.75, 3.05) is 14.2 Å². The van der Waals surface area contributed by atoms with Crippen LogP contribution >= 0.6 is 0 Å². The molecule has 0 unspecified atom stereocenters. The lowest BCUT2D eigenvalue weighted by molar-refractivity contribution is 0.0787. The average Bonchev–Trinajstić information content (AvgIpc) is 2.61. The molecule has 0 spiro atoms. The van der Waals surface area contributed by atoms with Crippen LogP contribution in [0.3, 0.4) is 0 Å². The number of hydrogen-bond donors (Lipinski definition) is 0. The molecule has 3 aromatic carbocycles. The van der Waals surface area contributed by atoms with E-state index in [4.69, 9.17) is 4.74 Å². The molecule has 0 heterocycles. The second-order valence-electron chi connectivity index (χ2n) is 5.54. The van der Waals surface area contributed by atoms with Crippen molar-refractivity contribution in [3.05, 3.63) is 77.9 Å². The number of rotatable bonds is 4. The molecule has 0 aliphatic heterocycles. The number of carbonyl (C=O) groups excluding carboxylic acids is 1. The zero-order valence-electron chi connectivity index (χ0n) is 13.3. The number of carbonyl (C=O) groups is 1. The van der Waals surface area contributed by atoms with Crippen molar-refractivity contribution in [3.8, 4) is 5.75 Å². The van der Waals surface area contributed by atoms with Gasteiger partial charge < -0.3 is 9.64 Å². The minimum atomic E-state index is 0.0256. The smallest absolute Gasteiger partial charge is 0.254 e. The fourth-order valence-electron chi connectivity index (χ4n) is 2.69. The Labute approximate surface area is 136 Å². The molecule has 0 radical (unpaired) electrons. The third-order valence-electron chi connectivity index (χ3n) is 3.95. The van der Waals surface area contributed by atoms with Crippen LogP contribution in [0.2, 0.25) is 0 Å². The van der Waals surface area contributed by atoms with Crippen LogP contribution < -0.4 is 4.74 Å². The van der Waals surface area contributed by atoms with Crippen molar-refractivity contribution in [3.63, 3.8) is 0 Å². The average molecular weight is 305 g/mol. The number of hydrogen-bond acceptors (Lipinski definition) is 2. The van der Waals surface area contributed by atoms with Crippen LogP contribution in [0.25, 0.3) is 10.8 Å². The first kappa shape index (κ1) is 15.1. The summed E-state index contributed by atoms with van der Waals surface area (Å²) in [6.45, 7) is 0.562. The van der Waals surface area contributed by atoms with Crippen molar-refractivity contribution in [2.24, 2.45) is 0 Å². The molecule has 0 N–H and O–H groups in total. The lowest BCUT2D eigenvalue weighted by atomic mass is 10.0. The third-order valence-corrected chi connectivity index (χ3v) is 3.95. The van der Waals surface area contributed by atoms with Crippen LogP contribution in [-0.2, 0) is 6.54 Å². The molecule has 3 aromatic rings. The van der Waals surface area contributed by atoms with Crippen LogP contribution in [0, 0.1) is 0 Å². The molecule has 0 aromatic heterocycles. The van der Waals surface area contributed by atoms with E-state index in [-0.39, 0.29) is 5.91 Å². The van der Waals surface area contributed by atoms with E-state index < -0.39 is 0 Å². The zero-order chi connectivity index (χ0) is 16.2. The topological polar surface area (TPSA) is 29.5 Å². The SMILES string of the molecule is COc1ccc(CN(C)C(=O)c2cccc3ccccc23)cc1. The van der Waals surface area contributed by atoms with Gasteiger partial charge in [-0.25, -0.2) is 0 Å². The maximum atomic E-state index is 12.8. The van der Waals surface area contributed by atoms with Crippen molar-refractivity contribution >= 4 is 16.7 Å². The summed E-state index contributed by atoms with van der Waals surface area (Å²) in [5.74, 6) is 0.842. The van der Waals surface area contributed by atoms with Crippen LogP contribution in [0.1, 0.15) is 15.9 Å². The van der Waals surface area contributed by atoms with E-state index in [1.807, 2.05) is 73.8 Å². The highest BCUT2D eigenvalue weighted by Gasteiger charge is 2.14. The molecule has 0 atom stereocenters. The van der Waals surface area contributed by atoms with Crippen molar-refractivity contribution in [1.29, 1.82) is 0 Å². The molecular formula is C20H19NO2. The van der Waals surface area contributed by atoms with Gasteiger partial charge in [-0.1, -0.05) is 48.5 Å². The summed E-state index contributed by atoms with van der Waals surface area (Å²) in [5, 5.41) is 2.07. The van der Waals surface area contributed by atoms with Gasteiger partial charge in [0.05, 0.1) is 7.11 Å². The van der Waals surface area contributed by atoms with Crippen LogP contribution in [0.4, 0.5) is 0 Å². The Balaban J connectivity index is 1.83. The van der Waals surface area contributed by atoms with Gasteiger partial charge in [0.25, 0.3) is 5.91 Å². The van der Waals surface area contributed by atoms with Gasteiger partial charge in [-0.05, 0) is 34.5 Å². The fraction of sp³-hybridized carbons (Fsp3) is 0.150. The first-order valence-corrected chi connectivity index (χ1v) is 7.55. The van der Waals surface area contributed by atoms with Crippen LogP contribution in [-0.4, -0.2) is 25.0 Å². The van der Waals surface area contributed by atoms with Gasteiger partial charge in [-0.2, -0.15) is 0 Å². The summed E-state index contributed by atoms with van der Waals surface area (Å²) in [6.07, 6.45) is 0. The Morgan fingerprint density at radius 1 is 0.957 bits per heavy atom. The Morgan fingerprint density at radius 3 is 2.39 bits per heavy atom. The molecule has 0 saturated carbocycles. The van der Waals surface area contributed by atoms with E-state index in [2.05, 4.69) is 0 Å². The normalized spacial score (nSPS) is 10.5. The molecule has 1 amide bonds. The van der Waals surface area contributed by atoms with Crippen LogP contribution in [0.5, 0.6) is 5.75 Å². The fourth-order valence-corrected chi connectivity index (χ4v) is 2.69. The molecule has 3 nitrogen and oxygen atoms in total. The van der Waals surface area contributed by atoms with Gasteiger partial charge in [0.15, 0.2) is 0 Å². The van der Waals surface area contributed by atoms with Gasteiger partial charge in [-0.15, -0.1) is 0 Å². The van der Waals surface area contributed by atoms with Crippen molar-refractivity contribution in [2.45, 2.75) is 6.54 Å². The maximum absolute atomic E-state index is 12.8. The van der Waals surface area contributed by atoms with Gasteiger partial charge in [-0.3, -0.25) is 4.79 Å². The predicted molar refractivity (Wildman–Crippen MR) is 92.7 cm³/mol. The maximum Gasteiger partial charge on any atom is 0.254 e. The first-order valence-electron chi connectivity index (χ1n) is 7.55. The summed E-state index contributed by atoms with van der Waals surface area (Å²) in [5.41, 5.74) is 1.81. The van der Waals surface area contributed by atoms with Gasteiger partial charge in [0.2, 0.25) is 0 Å². The second-order valence-corrected chi connectivity index (χ2v) is 5.54. The van der Waals surface area contributed by atoms with Crippen LogP contribution in [0.15, 0.2) is 66.7 Å². The van der Waals surface area contributed by atoms with E-state index in [0.29, 0.717) is 6.54 Å². The van der Waals surface area contributed by atoms with Gasteiger partial charge >= 0.3 is 0 Å². The number of amides is 1. The number of methoxy groups -OCH3 is 1. The molecule has 0 bridgehead atoms. The minimum absolute atomic E-state index is 0.0256. The van der Waals surface area contributed by atoms with E-state index in [9.17, 15) is 4.79 Å². The quantitative estimate of drug-likeness (QED) is 0.725. The lowest BCUT2D eigenvalue weighted by Crippen LogP contribution is -2.26. The molecular weight excluding hydrogens is 286 g/mol. The molecule has 23 heavy (non-hydrogen) atoms. The molecule has 0 saturated heterocycles. The molecule has 0 fully saturated rings. The van der Waals surface area contributed by atoms with Crippen molar-refractivity contribution in [1.82, 2.24) is 4.90 Å². The second kappa shape index (κ2) is 6.53. The summed E-state index contributed by atoms with van der Waals surface area (Å²) in [4.78, 5) is 14.5. The number of ether oxygens (including phenoxy) is 1. The molecule has 3 rings (SSSR count). The Bertz CT molecular complexity index is 819. The highest BCUT2D eigenvalue weighted by atomic mass is 16.5. The van der Waals surface area contributed by atoms with E-state index in [1.165, 1.54) is 0 Å². The standard InChI is InChI=1S/C20H19NO2/c1-21(14-15-10-12-17(23-2)13-11-15)20(22)19-9-5-7-16-6-3-4-8-18(16)19/h3-13H,14H2,1-2H3. The first-order chi connectivity index (χ1) is 11.2. The molecule has 116 valence electrons. The highest BCUT2D eigenvalue weighted by molar-refractivity contribution is 6.06. The highest BCUT2D eigenvalue weighted by Crippen LogP contribution is 2.20. The molecule has 0 aliphatic carbocycles. The summed E-state index contributed by atoms with van der Waals surface area (Å²) in [6, 6.07) is 21.6. The van der Waals surface area contributed by atoms with E-state index >= 15 is 0 Å².